The lowest BCUT2D eigenvalue weighted by molar-refractivity contribution is -0.131. The summed E-state index contributed by atoms with van der Waals surface area (Å²) in [5.41, 5.74) is 2.04. The van der Waals surface area contributed by atoms with Gasteiger partial charge in [-0.2, -0.15) is 0 Å². The molecule has 5 nitrogen and oxygen atoms in total. The van der Waals surface area contributed by atoms with Crippen molar-refractivity contribution in [1.82, 2.24) is 9.88 Å². The number of hydrogen-bond acceptors (Lipinski definition) is 4. The minimum atomic E-state index is 0.108. The van der Waals surface area contributed by atoms with Gasteiger partial charge in [-0.1, -0.05) is 41.9 Å². The van der Waals surface area contributed by atoms with Gasteiger partial charge in [-0.25, -0.2) is 4.98 Å². The summed E-state index contributed by atoms with van der Waals surface area (Å²) in [5.74, 6) is 2.52. The number of hydrogen-bond donors (Lipinski definition) is 0. The topological polar surface area (TPSA) is 55.6 Å². The van der Waals surface area contributed by atoms with Crippen LogP contribution >= 0.6 is 11.6 Å². The van der Waals surface area contributed by atoms with E-state index in [4.69, 9.17) is 20.8 Å². The third-order valence-electron chi connectivity index (χ3n) is 5.52. The molecule has 0 saturated carbocycles. The fourth-order valence-electron chi connectivity index (χ4n) is 3.93. The molecule has 0 spiro atoms. The maximum Gasteiger partial charge on any atom is 0.227 e. The van der Waals surface area contributed by atoms with E-state index in [2.05, 4.69) is 4.98 Å². The van der Waals surface area contributed by atoms with E-state index in [0.29, 0.717) is 25.3 Å². The van der Waals surface area contributed by atoms with E-state index in [1.807, 2.05) is 53.4 Å². The molecule has 1 fully saturated rings. The van der Waals surface area contributed by atoms with E-state index < -0.39 is 0 Å². The molecule has 0 bridgehead atoms. The number of carbonyl (C=O) groups excluding carboxylic acids is 1. The number of piperidine rings is 1. The highest BCUT2D eigenvalue weighted by atomic mass is 35.5. The Morgan fingerprint density at radius 3 is 2.83 bits per heavy atom. The number of benzene rings is 2. The molecule has 4 rings (SSSR count). The zero-order valence-corrected chi connectivity index (χ0v) is 17.8. The third-order valence-corrected chi connectivity index (χ3v) is 5.77. The summed E-state index contributed by atoms with van der Waals surface area (Å²) in [5, 5.41) is 0.720. The van der Waals surface area contributed by atoms with E-state index in [1.165, 1.54) is 0 Å². The van der Waals surface area contributed by atoms with Crippen LogP contribution in [0.15, 0.2) is 59.1 Å². The number of para-hydroxylation sites is 1. The van der Waals surface area contributed by atoms with Gasteiger partial charge in [0.25, 0.3) is 0 Å². The molecule has 2 heterocycles. The molecule has 1 atom stereocenters. The van der Waals surface area contributed by atoms with Crippen molar-refractivity contribution >= 4 is 17.5 Å². The van der Waals surface area contributed by atoms with E-state index >= 15 is 0 Å². The molecule has 1 unspecified atom stereocenters. The second-order valence-electron chi connectivity index (χ2n) is 7.64. The Hall–Kier alpha value is -2.79. The van der Waals surface area contributed by atoms with E-state index in [0.717, 1.165) is 47.0 Å². The number of likely N-dealkylation sites (tertiary alicyclic amines) is 1. The number of aromatic nitrogens is 1. The maximum absolute atomic E-state index is 12.9. The molecule has 30 heavy (non-hydrogen) atoms. The molecule has 1 amide bonds. The largest absolute Gasteiger partial charge is 0.496 e. The smallest absolute Gasteiger partial charge is 0.227 e. The zero-order valence-electron chi connectivity index (χ0n) is 17.0. The number of oxazole rings is 1. The van der Waals surface area contributed by atoms with Gasteiger partial charge in [0, 0.05) is 30.1 Å². The van der Waals surface area contributed by atoms with Crippen molar-refractivity contribution in [3.8, 4) is 5.75 Å². The van der Waals surface area contributed by atoms with Crippen molar-refractivity contribution in [3.05, 3.63) is 82.5 Å². The number of carbonyl (C=O) groups is 1. The minimum Gasteiger partial charge on any atom is -0.496 e. The van der Waals surface area contributed by atoms with Crippen LogP contribution in [0.5, 0.6) is 5.75 Å². The molecule has 2 aromatic carbocycles. The number of nitrogens with zero attached hydrogens (tertiary/aromatic N) is 2. The summed E-state index contributed by atoms with van der Waals surface area (Å²) >= 11 is 5.95. The molecular weight excluding hydrogens is 400 g/mol. The first kappa shape index (κ1) is 20.5. The highest BCUT2D eigenvalue weighted by molar-refractivity contribution is 6.30. The summed E-state index contributed by atoms with van der Waals surface area (Å²) in [4.78, 5) is 19.3. The molecule has 0 N–H and O–H groups in total. The Kier molecular flexibility index (Phi) is 6.38. The van der Waals surface area contributed by atoms with Gasteiger partial charge in [0.15, 0.2) is 5.89 Å². The fourth-order valence-corrected chi connectivity index (χ4v) is 4.05. The fraction of sp³-hybridized carbons (Fsp3) is 0.333. The van der Waals surface area contributed by atoms with Crippen LogP contribution in [0, 0.1) is 0 Å². The molecule has 1 aliphatic rings. The molecule has 0 aliphatic carbocycles. The predicted octanol–water partition coefficient (Wildman–Crippen LogP) is 4.88. The van der Waals surface area contributed by atoms with Gasteiger partial charge in [-0.15, -0.1) is 0 Å². The van der Waals surface area contributed by atoms with E-state index in [9.17, 15) is 4.79 Å². The van der Waals surface area contributed by atoms with Crippen molar-refractivity contribution in [2.45, 2.75) is 31.6 Å². The first-order valence-electron chi connectivity index (χ1n) is 10.2. The Morgan fingerprint density at radius 2 is 2.03 bits per heavy atom. The van der Waals surface area contributed by atoms with Gasteiger partial charge in [0.2, 0.25) is 5.91 Å². The van der Waals surface area contributed by atoms with Crippen LogP contribution in [0.25, 0.3) is 0 Å². The van der Waals surface area contributed by atoms with Crippen molar-refractivity contribution < 1.29 is 13.9 Å². The predicted molar refractivity (Wildman–Crippen MR) is 116 cm³/mol. The SMILES string of the molecule is COc1ccccc1CC(=O)N1CCCC(c2ncc(Cc3ccc(Cl)cc3)o2)C1. The number of ether oxygens (including phenoxy) is 1. The summed E-state index contributed by atoms with van der Waals surface area (Å²) in [6.45, 7) is 1.40. The number of methoxy groups -OCH3 is 1. The summed E-state index contributed by atoms with van der Waals surface area (Å²) in [7, 11) is 1.63. The first-order valence-corrected chi connectivity index (χ1v) is 10.6. The lowest BCUT2D eigenvalue weighted by atomic mass is 9.97. The standard InChI is InChI=1S/C24H25ClN2O3/c1-29-22-7-3-2-5-18(22)14-23(28)27-12-4-6-19(16-27)24-26-15-21(30-24)13-17-8-10-20(25)11-9-17/h2-3,5,7-11,15,19H,4,6,12-14,16H2,1H3. The van der Waals surface area contributed by atoms with Crippen molar-refractivity contribution in [3.63, 3.8) is 0 Å². The lowest BCUT2D eigenvalue weighted by Gasteiger charge is -2.31. The van der Waals surface area contributed by atoms with Crippen LogP contribution in [-0.2, 0) is 17.6 Å². The highest BCUT2D eigenvalue weighted by Gasteiger charge is 2.28. The molecule has 0 radical (unpaired) electrons. The van der Waals surface area contributed by atoms with Gasteiger partial charge >= 0.3 is 0 Å². The van der Waals surface area contributed by atoms with Crippen molar-refractivity contribution in [2.24, 2.45) is 0 Å². The van der Waals surface area contributed by atoms with E-state index in [-0.39, 0.29) is 11.8 Å². The lowest BCUT2D eigenvalue weighted by Crippen LogP contribution is -2.40. The van der Waals surface area contributed by atoms with Crippen LogP contribution in [0.4, 0.5) is 0 Å². The van der Waals surface area contributed by atoms with Crippen LogP contribution in [0.3, 0.4) is 0 Å². The third kappa shape index (κ3) is 4.85. The molecule has 6 heteroatoms. The second kappa shape index (κ2) is 9.35. The Balaban J connectivity index is 1.39. The first-order chi connectivity index (χ1) is 14.6. The van der Waals surface area contributed by atoms with Gasteiger partial charge in [-0.3, -0.25) is 4.79 Å². The van der Waals surface area contributed by atoms with Crippen LogP contribution in [-0.4, -0.2) is 36.0 Å². The average Bonchev–Trinajstić information content (AvgIpc) is 3.24. The molecule has 1 aliphatic heterocycles. The van der Waals surface area contributed by atoms with Crippen LogP contribution < -0.4 is 4.74 Å². The minimum absolute atomic E-state index is 0.108. The Labute approximate surface area is 181 Å². The van der Waals surface area contributed by atoms with E-state index in [1.54, 1.807) is 13.3 Å². The molecule has 1 aromatic heterocycles. The Morgan fingerprint density at radius 1 is 1.23 bits per heavy atom. The van der Waals surface area contributed by atoms with Crippen molar-refractivity contribution in [1.29, 1.82) is 0 Å². The number of amides is 1. The van der Waals surface area contributed by atoms with Crippen molar-refractivity contribution in [2.75, 3.05) is 20.2 Å². The summed E-state index contributed by atoms with van der Waals surface area (Å²) in [6.07, 6.45) is 4.72. The normalized spacial score (nSPS) is 16.5. The monoisotopic (exact) mass is 424 g/mol. The second-order valence-corrected chi connectivity index (χ2v) is 8.07. The number of rotatable bonds is 6. The van der Waals surface area contributed by atoms with Crippen LogP contribution in [0.1, 0.15) is 41.5 Å². The molecular formula is C24H25ClN2O3. The molecule has 3 aromatic rings. The van der Waals surface area contributed by atoms with Gasteiger partial charge in [-0.05, 0) is 36.6 Å². The maximum atomic E-state index is 12.9. The summed E-state index contributed by atoms with van der Waals surface area (Å²) < 4.78 is 11.4. The van der Waals surface area contributed by atoms with Gasteiger partial charge in [0.1, 0.15) is 11.5 Å². The molecule has 156 valence electrons. The zero-order chi connectivity index (χ0) is 20.9. The highest BCUT2D eigenvalue weighted by Crippen LogP contribution is 2.28. The van der Waals surface area contributed by atoms with Crippen LogP contribution in [0.2, 0.25) is 5.02 Å². The average molecular weight is 425 g/mol. The number of halogens is 1. The quantitative estimate of drug-likeness (QED) is 0.566. The Bertz CT molecular complexity index is 1000. The molecule has 1 saturated heterocycles. The summed E-state index contributed by atoms with van der Waals surface area (Å²) in [6, 6.07) is 15.4. The van der Waals surface area contributed by atoms with Gasteiger partial charge in [0.05, 0.1) is 25.6 Å². The van der Waals surface area contributed by atoms with Gasteiger partial charge < -0.3 is 14.1 Å².